The fourth-order valence-electron chi connectivity index (χ4n) is 3.72. The van der Waals surface area contributed by atoms with E-state index >= 15 is 0 Å². The molecular weight excluding hydrogens is 459 g/mol. The predicted octanol–water partition coefficient (Wildman–Crippen LogP) is 6.42. The Morgan fingerprint density at radius 3 is 2.45 bits per heavy atom. The van der Waals surface area contributed by atoms with Gasteiger partial charge in [-0.2, -0.15) is 0 Å². The summed E-state index contributed by atoms with van der Waals surface area (Å²) < 4.78 is 17.3. The zero-order valence-electron chi connectivity index (χ0n) is 18.7. The number of hydrogen-bond donors (Lipinski definition) is 1. The first-order chi connectivity index (χ1) is 16.1. The molecule has 1 aliphatic rings. The van der Waals surface area contributed by atoms with Crippen molar-refractivity contribution in [2.24, 2.45) is 0 Å². The number of morpholine rings is 1. The van der Waals surface area contributed by atoms with E-state index in [4.69, 9.17) is 37.4 Å². The second-order valence-electron chi connectivity index (χ2n) is 7.76. The first-order valence-corrected chi connectivity index (χ1v) is 11.9. The standard InChI is InChI=1S/C26H28Cl2N2O3/c1-2-32-25-16-20(15-24(28)26(25)33-18-19-4-3-5-21(27)14-19)17-29-22-6-8-23(9-7-22)30-10-12-31-13-11-30/h3-9,14-16,29H,2,10-13,17-18H2,1H3. The van der Waals surface area contributed by atoms with Gasteiger partial charge in [-0.05, 0) is 66.6 Å². The van der Waals surface area contributed by atoms with Crippen molar-refractivity contribution in [2.45, 2.75) is 20.1 Å². The van der Waals surface area contributed by atoms with Crippen LogP contribution in [0.5, 0.6) is 11.5 Å². The molecule has 0 aliphatic carbocycles. The van der Waals surface area contributed by atoms with Crippen LogP contribution in [-0.2, 0) is 17.9 Å². The molecule has 3 aromatic rings. The summed E-state index contributed by atoms with van der Waals surface area (Å²) in [5.41, 5.74) is 4.23. The Kier molecular flexibility index (Phi) is 8.21. The van der Waals surface area contributed by atoms with Gasteiger partial charge in [0.25, 0.3) is 0 Å². The molecule has 3 aromatic carbocycles. The third-order valence-corrected chi connectivity index (χ3v) is 5.90. The lowest BCUT2D eigenvalue weighted by atomic mass is 10.1. The molecule has 4 rings (SSSR count). The third kappa shape index (κ3) is 6.47. The summed E-state index contributed by atoms with van der Waals surface area (Å²) in [5, 5.41) is 4.65. The van der Waals surface area contributed by atoms with E-state index < -0.39 is 0 Å². The maximum atomic E-state index is 6.58. The molecule has 33 heavy (non-hydrogen) atoms. The molecule has 174 valence electrons. The van der Waals surface area contributed by atoms with Crippen molar-refractivity contribution < 1.29 is 14.2 Å². The Morgan fingerprint density at radius 2 is 1.73 bits per heavy atom. The van der Waals surface area contributed by atoms with Crippen LogP contribution >= 0.6 is 23.2 Å². The highest BCUT2D eigenvalue weighted by atomic mass is 35.5. The monoisotopic (exact) mass is 486 g/mol. The molecule has 7 heteroatoms. The van der Waals surface area contributed by atoms with Crippen LogP contribution in [0, 0.1) is 0 Å². The van der Waals surface area contributed by atoms with Gasteiger partial charge < -0.3 is 24.4 Å². The van der Waals surface area contributed by atoms with Crippen LogP contribution in [0.25, 0.3) is 0 Å². The second kappa shape index (κ2) is 11.5. The second-order valence-corrected chi connectivity index (χ2v) is 8.60. The van der Waals surface area contributed by atoms with E-state index in [0.29, 0.717) is 41.3 Å². The Hall–Kier alpha value is -2.60. The number of halogens is 2. The van der Waals surface area contributed by atoms with E-state index in [1.165, 1.54) is 5.69 Å². The molecule has 5 nitrogen and oxygen atoms in total. The molecule has 1 aliphatic heterocycles. The van der Waals surface area contributed by atoms with Gasteiger partial charge in [0.1, 0.15) is 6.61 Å². The van der Waals surface area contributed by atoms with Crippen molar-refractivity contribution in [2.75, 3.05) is 43.1 Å². The molecule has 1 N–H and O–H groups in total. The highest BCUT2D eigenvalue weighted by Crippen LogP contribution is 2.37. The lowest BCUT2D eigenvalue weighted by Gasteiger charge is -2.29. The van der Waals surface area contributed by atoms with Gasteiger partial charge in [0, 0.05) is 36.0 Å². The Morgan fingerprint density at radius 1 is 0.939 bits per heavy atom. The van der Waals surface area contributed by atoms with E-state index in [-0.39, 0.29) is 0 Å². The fourth-order valence-corrected chi connectivity index (χ4v) is 4.23. The summed E-state index contributed by atoms with van der Waals surface area (Å²) in [7, 11) is 0. The summed E-state index contributed by atoms with van der Waals surface area (Å²) in [5.74, 6) is 1.17. The minimum absolute atomic E-state index is 0.355. The van der Waals surface area contributed by atoms with E-state index in [0.717, 1.165) is 43.1 Å². The number of rotatable bonds is 9. The van der Waals surface area contributed by atoms with Crippen molar-refractivity contribution in [1.82, 2.24) is 0 Å². The summed E-state index contributed by atoms with van der Waals surface area (Å²) in [4.78, 5) is 2.34. The molecule has 0 amide bonds. The number of hydrogen-bond acceptors (Lipinski definition) is 5. The summed E-state index contributed by atoms with van der Waals surface area (Å²) in [6.45, 7) is 6.84. The number of nitrogens with one attached hydrogen (secondary N) is 1. The van der Waals surface area contributed by atoms with Gasteiger partial charge in [-0.15, -0.1) is 0 Å². The summed E-state index contributed by atoms with van der Waals surface area (Å²) >= 11 is 12.7. The molecule has 0 unspecified atom stereocenters. The average Bonchev–Trinajstić information content (AvgIpc) is 2.83. The van der Waals surface area contributed by atoms with Gasteiger partial charge >= 0.3 is 0 Å². The van der Waals surface area contributed by atoms with Crippen molar-refractivity contribution >= 4 is 34.6 Å². The first kappa shape index (κ1) is 23.6. The highest BCUT2D eigenvalue weighted by Gasteiger charge is 2.14. The van der Waals surface area contributed by atoms with E-state index in [2.05, 4.69) is 34.5 Å². The normalized spacial score (nSPS) is 13.6. The van der Waals surface area contributed by atoms with E-state index in [1.807, 2.05) is 43.3 Å². The molecule has 1 saturated heterocycles. The zero-order valence-corrected chi connectivity index (χ0v) is 20.2. The van der Waals surface area contributed by atoms with Gasteiger partial charge in [-0.25, -0.2) is 0 Å². The zero-order chi connectivity index (χ0) is 23.0. The quantitative estimate of drug-likeness (QED) is 0.377. The smallest absolute Gasteiger partial charge is 0.180 e. The maximum Gasteiger partial charge on any atom is 0.180 e. The third-order valence-electron chi connectivity index (χ3n) is 5.38. The Labute approximate surface area is 205 Å². The van der Waals surface area contributed by atoms with Crippen LogP contribution in [-0.4, -0.2) is 32.9 Å². The van der Waals surface area contributed by atoms with Crippen molar-refractivity contribution in [3.8, 4) is 11.5 Å². The van der Waals surface area contributed by atoms with Gasteiger partial charge in [-0.1, -0.05) is 35.3 Å². The lowest BCUT2D eigenvalue weighted by Crippen LogP contribution is -2.36. The molecule has 0 atom stereocenters. The van der Waals surface area contributed by atoms with Crippen molar-refractivity contribution in [3.63, 3.8) is 0 Å². The van der Waals surface area contributed by atoms with Crippen LogP contribution in [0.1, 0.15) is 18.1 Å². The number of anilines is 2. The first-order valence-electron chi connectivity index (χ1n) is 11.1. The number of nitrogens with zero attached hydrogens (tertiary/aromatic N) is 1. The average molecular weight is 487 g/mol. The highest BCUT2D eigenvalue weighted by molar-refractivity contribution is 6.32. The lowest BCUT2D eigenvalue weighted by molar-refractivity contribution is 0.122. The Balaban J connectivity index is 1.41. The van der Waals surface area contributed by atoms with Crippen LogP contribution in [0.3, 0.4) is 0 Å². The molecular formula is C26H28Cl2N2O3. The van der Waals surface area contributed by atoms with Crippen LogP contribution in [0.2, 0.25) is 10.0 Å². The number of benzene rings is 3. The topological polar surface area (TPSA) is 43.0 Å². The minimum atomic E-state index is 0.355. The molecule has 1 fully saturated rings. The molecule has 0 saturated carbocycles. The fraction of sp³-hybridized carbons (Fsp3) is 0.308. The van der Waals surface area contributed by atoms with Crippen LogP contribution < -0.4 is 19.7 Å². The van der Waals surface area contributed by atoms with Crippen LogP contribution in [0.15, 0.2) is 60.7 Å². The molecule has 0 spiro atoms. The van der Waals surface area contributed by atoms with Gasteiger partial charge in [0.2, 0.25) is 0 Å². The summed E-state index contributed by atoms with van der Waals surface area (Å²) in [6, 6.07) is 19.9. The summed E-state index contributed by atoms with van der Waals surface area (Å²) in [6.07, 6.45) is 0. The van der Waals surface area contributed by atoms with Crippen molar-refractivity contribution in [1.29, 1.82) is 0 Å². The SMILES string of the molecule is CCOc1cc(CNc2ccc(N3CCOCC3)cc2)cc(Cl)c1OCc1cccc(Cl)c1. The number of ether oxygens (including phenoxy) is 3. The minimum Gasteiger partial charge on any atom is -0.490 e. The van der Waals surface area contributed by atoms with Gasteiger partial charge in [0.15, 0.2) is 11.5 Å². The molecule has 0 bridgehead atoms. The van der Waals surface area contributed by atoms with Gasteiger partial charge in [-0.3, -0.25) is 0 Å². The van der Waals surface area contributed by atoms with E-state index in [1.54, 1.807) is 0 Å². The molecule has 0 radical (unpaired) electrons. The molecule has 1 heterocycles. The van der Waals surface area contributed by atoms with Gasteiger partial charge in [0.05, 0.1) is 24.8 Å². The van der Waals surface area contributed by atoms with Crippen molar-refractivity contribution in [3.05, 3.63) is 81.8 Å². The maximum absolute atomic E-state index is 6.58. The largest absolute Gasteiger partial charge is 0.490 e. The Bertz CT molecular complexity index is 1050. The van der Waals surface area contributed by atoms with E-state index in [9.17, 15) is 0 Å². The predicted molar refractivity (Wildman–Crippen MR) is 135 cm³/mol. The molecule has 0 aromatic heterocycles. The van der Waals surface area contributed by atoms with Crippen LogP contribution in [0.4, 0.5) is 11.4 Å².